The molecule has 0 aliphatic rings. The van der Waals surface area contributed by atoms with Crippen LogP contribution in [-0.4, -0.2) is 5.71 Å². The highest BCUT2D eigenvalue weighted by molar-refractivity contribution is 7.25. The SMILES string of the molecule is N=C(c1cccc(-c2ccc3oc4ccccc4c3c2)c1)c1cccc(-c2ccc3sc4ccccc4c3c2)c1. The summed E-state index contributed by atoms with van der Waals surface area (Å²) >= 11 is 1.83. The molecule has 0 bridgehead atoms. The standard InChI is InChI=1S/C37H23NOS/c38-37(27-9-5-7-23(19-27)25-15-17-34-31(21-25)29-11-1-3-13-33(29)39-34)28-10-6-8-24(20-28)26-16-18-36-32(22-26)30-12-2-4-14-35(30)40-36/h1-22,38H. The van der Waals surface area contributed by atoms with Gasteiger partial charge in [0.15, 0.2) is 0 Å². The summed E-state index contributed by atoms with van der Waals surface area (Å²) in [6.07, 6.45) is 0. The van der Waals surface area contributed by atoms with Gasteiger partial charge in [0.05, 0.1) is 5.71 Å². The second kappa shape index (κ2) is 9.04. The average molecular weight is 530 g/mol. The predicted octanol–water partition coefficient (Wildman–Crippen LogP) is 10.7. The zero-order valence-corrected chi connectivity index (χ0v) is 22.3. The van der Waals surface area contributed by atoms with Gasteiger partial charge in [-0.15, -0.1) is 11.3 Å². The molecule has 0 aliphatic heterocycles. The monoisotopic (exact) mass is 529 g/mol. The molecule has 2 heterocycles. The van der Waals surface area contributed by atoms with Crippen molar-refractivity contribution in [1.29, 1.82) is 5.41 Å². The maximum atomic E-state index is 9.10. The molecule has 0 radical (unpaired) electrons. The van der Waals surface area contributed by atoms with Crippen molar-refractivity contribution in [3.63, 3.8) is 0 Å². The lowest BCUT2D eigenvalue weighted by Gasteiger charge is -2.10. The Balaban J connectivity index is 1.15. The van der Waals surface area contributed by atoms with E-state index >= 15 is 0 Å². The molecule has 0 atom stereocenters. The van der Waals surface area contributed by atoms with E-state index in [-0.39, 0.29) is 0 Å². The van der Waals surface area contributed by atoms with Crippen LogP contribution in [-0.2, 0) is 0 Å². The van der Waals surface area contributed by atoms with Gasteiger partial charge in [-0.05, 0) is 70.8 Å². The van der Waals surface area contributed by atoms with Gasteiger partial charge in [-0.1, -0.05) is 84.9 Å². The van der Waals surface area contributed by atoms with Crippen molar-refractivity contribution >= 4 is 59.2 Å². The largest absolute Gasteiger partial charge is 0.456 e. The Bertz CT molecular complexity index is 2090. The molecule has 1 N–H and O–H groups in total. The first-order valence-corrected chi connectivity index (χ1v) is 14.2. The topological polar surface area (TPSA) is 37.0 Å². The van der Waals surface area contributed by atoms with E-state index < -0.39 is 0 Å². The molecule has 40 heavy (non-hydrogen) atoms. The highest BCUT2D eigenvalue weighted by Gasteiger charge is 2.12. The highest BCUT2D eigenvalue weighted by atomic mass is 32.1. The molecule has 0 amide bonds. The van der Waals surface area contributed by atoms with Crippen LogP contribution in [0.2, 0.25) is 0 Å². The minimum atomic E-state index is 0.514. The molecule has 0 fully saturated rings. The summed E-state index contributed by atoms with van der Waals surface area (Å²) in [5.41, 5.74) is 8.58. The van der Waals surface area contributed by atoms with E-state index in [1.54, 1.807) is 0 Å². The zero-order valence-electron chi connectivity index (χ0n) is 21.5. The summed E-state index contributed by atoms with van der Waals surface area (Å²) < 4.78 is 8.63. The Hall–Kier alpha value is -4.99. The predicted molar refractivity (Wildman–Crippen MR) is 170 cm³/mol. The molecule has 0 spiro atoms. The van der Waals surface area contributed by atoms with Crippen molar-refractivity contribution in [3.8, 4) is 22.3 Å². The first-order valence-electron chi connectivity index (χ1n) is 13.3. The van der Waals surface area contributed by atoms with Gasteiger partial charge in [0.2, 0.25) is 0 Å². The molecule has 3 heteroatoms. The highest BCUT2D eigenvalue weighted by Crippen LogP contribution is 2.37. The molecule has 0 unspecified atom stereocenters. The maximum Gasteiger partial charge on any atom is 0.135 e. The fraction of sp³-hybridized carbons (Fsp3) is 0. The fourth-order valence-electron chi connectivity index (χ4n) is 5.69. The third-order valence-electron chi connectivity index (χ3n) is 7.72. The van der Waals surface area contributed by atoms with Gasteiger partial charge >= 0.3 is 0 Å². The van der Waals surface area contributed by atoms with Crippen LogP contribution < -0.4 is 0 Å². The molecule has 8 rings (SSSR count). The Kier molecular flexibility index (Phi) is 5.19. The van der Waals surface area contributed by atoms with E-state index in [1.807, 2.05) is 53.8 Å². The molecular formula is C37H23NOS. The number of hydrogen-bond donors (Lipinski definition) is 1. The van der Waals surface area contributed by atoms with Crippen LogP contribution in [0, 0.1) is 5.41 Å². The van der Waals surface area contributed by atoms with Gasteiger partial charge < -0.3 is 4.42 Å². The Labute approximate surface area is 235 Å². The number of furan rings is 1. The summed E-state index contributed by atoms with van der Waals surface area (Å²) in [6.45, 7) is 0. The molecule has 0 saturated heterocycles. The van der Waals surface area contributed by atoms with Crippen molar-refractivity contribution in [2.45, 2.75) is 0 Å². The van der Waals surface area contributed by atoms with Crippen LogP contribution in [0.4, 0.5) is 0 Å². The maximum absolute atomic E-state index is 9.10. The number of hydrogen-bond acceptors (Lipinski definition) is 3. The molecule has 0 aliphatic carbocycles. The van der Waals surface area contributed by atoms with Gasteiger partial charge in [0.1, 0.15) is 11.2 Å². The minimum Gasteiger partial charge on any atom is -0.456 e. The molecule has 6 aromatic carbocycles. The molecule has 0 saturated carbocycles. The number of nitrogens with one attached hydrogen (secondary N) is 1. The van der Waals surface area contributed by atoms with Crippen LogP contribution in [0.3, 0.4) is 0 Å². The van der Waals surface area contributed by atoms with E-state index in [0.29, 0.717) is 5.71 Å². The van der Waals surface area contributed by atoms with Crippen LogP contribution in [0.5, 0.6) is 0 Å². The minimum absolute atomic E-state index is 0.514. The molecule has 8 aromatic rings. The van der Waals surface area contributed by atoms with Crippen molar-refractivity contribution in [1.82, 2.24) is 0 Å². The first-order chi connectivity index (χ1) is 19.7. The number of benzene rings is 6. The van der Waals surface area contributed by atoms with Gasteiger partial charge in [-0.2, -0.15) is 0 Å². The Morgan fingerprint density at radius 2 is 1.02 bits per heavy atom. The number of rotatable bonds is 4. The van der Waals surface area contributed by atoms with E-state index in [1.165, 1.54) is 25.7 Å². The van der Waals surface area contributed by atoms with E-state index in [4.69, 9.17) is 9.83 Å². The second-order valence-electron chi connectivity index (χ2n) is 10.2. The third kappa shape index (κ3) is 3.75. The van der Waals surface area contributed by atoms with Crippen molar-refractivity contribution in [2.75, 3.05) is 0 Å². The molecular weight excluding hydrogens is 506 g/mol. The Morgan fingerprint density at radius 1 is 0.450 bits per heavy atom. The van der Waals surface area contributed by atoms with Crippen molar-refractivity contribution in [2.24, 2.45) is 0 Å². The molecule has 188 valence electrons. The summed E-state index contributed by atoms with van der Waals surface area (Å²) in [6, 6.07) is 46.4. The fourth-order valence-corrected chi connectivity index (χ4v) is 6.77. The van der Waals surface area contributed by atoms with Gasteiger partial charge in [-0.3, -0.25) is 5.41 Å². The van der Waals surface area contributed by atoms with Crippen molar-refractivity contribution in [3.05, 3.63) is 145 Å². The van der Waals surface area contributed by atoms with Gasteiger partial charge in [0, 0.05) is 42.1 Å². The van der Waals surface area contributed by atoms with Crippen LogP contribution in [0.15, 0.2) is 138 Å². The Morgan fingerprint density at radius 3 is 1.80 bits per heavy atom. The number of fused-ring (bicyclic) bond motifs is 6. The molecule has 2 aromatic heterocycles. The third-order valence-corrected chi connectivity index (χ3v) is 8.87. The summed E-state index contributed by atoms with van der Waals surface area (Å²) in [7, 11) is 0. The first kappa shape index (κ1) is 22.9. The van der Waals surface area contributed by atoms with Crippen LogP contribution in [0.1, 0.15) is 11.1 Å². The smallest absolute Gasteiger partial charge is 0.135 e. The van der Waals surface area contributed by atoms with Crippen molar-refractivity contribution < 1.29 is 4.42 Å². The average Bonchev–Trinajstić information content (AvgIpc) is 3.58. The van der Waals surface area contributed by atoms with Gasteiger partial charge in [-0.25, -0.2) is 0 Å². The lowest BCUT2D eigenvalue weighted by atomic mass is 9.94. The van der Waals surface area contributed by atoms with Crippen LogP contribution >= 0.6 is 11.3 Å². The normalized spacial score (nSPS) is 11.6. The van der Waals surface area contributed by atoms with Crippen LogP contribution in [0.25, 0.3) is 64.4 Å². The summed E-state index contributed by atoms with van der Waals surface area (Å²) in [5, 5.41) is 13.9. The lowest BCUT2D eigenvalue weighted by Crippen LogP contribution is -2.01. The molecule has 2 nitrogen and oxygen atoms in total. The number of thiophene rings is 1. The zero-order chi connectivity index (χ0) is 26.6. The lowest BCUT2D eigenvalue weighted by molar-refractivity contribution is 0.669. The van der Waals surface area contributed by atoms with E-state index in [0.717, 1.165) is 49.8 Å². The summed E-state index contributed by atoms with van der Waals surface area (Å²) in [5.74, 6) is 0. The van der Waals surface area contributed by atoms with E-state index in [9.17, 15) is 0 Å². The quantitative estimate of drug-likeness (QED) is 0.226. The number of para-hydroxylation sites is 1. The second-order valence-corrected chi connectivity index (χ2v) is 11.2. The summed E-state index contributed by atoms with van der Waals surface area (Å²) in [4.78, 5) is 0. The van der Waals surface area contributed by atoms with E-state index in [2.05, 4.69) is 91.0 Å². The van der Waals surface area contributed by atoms with Gasteiger partial charge in [0.25, 0.3) is 0 Å².